The first kappa shape index (κ1) is 11.3. The number of aliphatic imine (C=N–C) groups is 1. The molecule has 1 aliphatic heterocycles. The molecule has 1 heterocycles. The van der Waals surface area contributed by atoms with Crippen molar-refractivity contribution in [1.29, 1.82) is 0 Å². The molecule has 1 amide bonds. The van der Waals surface area contributed by atoms with Crippen molar-refractivity contribution in [3.8, 4) is 11.5 Å². The predicted molar refractivity (Wildman–Crippen MR) is 60.4 cm³/mol. The molecule has 1 aromatic carbocycles. The first-order chi connectivity index (χ1) is 8.15. The van der Waals surface area contributed by atoms with E-state index in [2.05, 4.69) is 4.99 Å². The van der Waals surface area contributed by atoms with Gasteiger partial charge in [0, 0.05) is 5.56 Å². The molecule has 2 N–H and O–H groups in total. The van der Waals surface area contributed by atoms with Gasteiger partial charge < -0.3 is 19.9 Å². The average molecular weight is 236 g/mol. The van der Waals surface area contributed by atoms with Crippen molar-refractivity contribution in [2.45, 2.75) is 6.10 Å². The molecule has 6 heteroatoms. The summed E-state index contributed by atoms with van der Waals surface area (Å²) in [7, 11) is 3.07. The summed E-state index contributed by atoms with van der Waals surface area (Å²) >= 11 is 0. The number of hydrogen-bond acceptors (Lipinski definition) is 5. The summed E-state index contributed by atoms with van der Waals surface area (Å²) in [6.45, 7) is 0. The fourth-order valence-corrected chi connectivity index (χ4v) is 1.62. The predicted octanol–water partition coefficient (Wildman–Crippen LogP) is 1.25. The van der Waals surface area contributed by atoms with Gasteiger partial charge in [-0.25, -0.2) is 4.79 Å². The minimum Gasteiger partial charge on any atom is -0.497 e. The molecule has 1 aliphatic rings. The highest BCUT2D eigenvalue weighted by Gasteiger charge is 2.30. The van der Waals surface area contributed by atoms with Gasteiger partial charge in [-0.2, -0.15) is 4.99 Å². The number of amides is 1. The third-order valence-electron chi connectivity index (χ3n) is 2.43. The lowest BCUT2D eigenvalue weighted by Gasteiger charge is -2.15. The van der Waals surface area contributed by atoms with E-state index in [0.29, 0.717) is 17.1 Å². The third kappa shape index (κ3) is 2.01. The Bertz CT molecular complexity index is 484. The zero-order valence-electron chi connectivity index (χ0n) is 9.47. The number of nitrogens with zero attached hydrogens (tertiary/aromatic N) is 1. The van der Waals surface area contributed by atoms with Gasteiger partial charge in [0.05, 0.1) is 14.2 Å². The number of methoxy groups -OCH3 is 2. The van der Waals surface area contributed by atoms with E-state index in [1.54, 1.807) is 25.3 Å². The second-order valence-electron chi connectivity index (χ2n) is 3.41. The number of cyclic esters (lactones) is 1. The molecule has 0 saturated carbocycles. The van der Waals surface area contributed by atoms with Crippen molar-refractivity contribution in [2.24, 2.45) is 10.7 Å². The number of rotatable bonds is 3. The van der Waals surface area contributed by atoms with Crippen LogP contribution in [0, 0.1) is 0 Å². The summed E-state index contributed by atoms with van der Waals surface area (Å²) in [4.78, 5) is 14.5. The van der Waals surface area contributed by atoms with Crippen molar-refractivity contribution >= 4 is 11.9 Å². The van der Waals surface area contributed by atoms with Gasteiger partial charge in [0.25, 0.3) is 0 Å². The number of benzene rings is 1. The molecule has 0 radical (unpaired) electrons. The van der Waals surface area contributed by atoms with Gasteiger partial charge in [-0.15, -0.1) is 0 Å². The van der Waals surface area contributed by atoms with E-state index in [1.807, 2.05) is 0 Å². The molecule has 1 aromatic rings. The molecular formula is C11H12N2O4. The smallest absolute Gasteiger partial charge is 0.436 e. The van der Waals surface area contributed by atoms with Gasteiger partial charge in [-0.3, -0.25) is 0 Å². The van der Waals surface area contributed by atoms with Gasteiger partial charge in [-0.1, -0.05) is 0 Å². The van der Waals surface area contributed by atoms with Crippen LogP contribution in [0.15, 0.2) is 23.2 Å². The number of carbonyl (C=O) groups is 1. The number of ether oxygens (including phenoxy) is 3. The first-order valence-corrected chi connectivity index (χ1v) is 4.92. The summed E-state index contributed by atoms with van der Waals surface area (Å²) in [6.07, 6.45) is -1.41. The highest BCUT2D eigenvalue weighted by atomic mass is 16.6. The topological polar surface area (TPSA) is 83.1 Å². The standard InChI is InChI=1S/C11H12N2O4/c1-15-6-3-4-8(16-2)7(5-6)9-10(12)13-11(14)17-9/h3-5,9H,1-2H3,(H2,12,13,14). The average Bonchev–Trinajstić information content (AvgIpc) is 2.67. The number of hydrogen-bond donors (Lipinski definition) is 1. The number of nitrogens with two attached hydrogens (primary N) is 1. The zero-order chi connectivity index (χ0) is 12.4. The van der Waals surface area contributed by atoms with Crippen LogP contribution >= 0.6 is 0 Å². The SMILES string of the molecule is COc1ccc(OC)c(C2OC(=O)N=C2N)c1. The van der Waals surface area contributed by atoms with Crippen LogP contribution in [0.3, 0.4) is 0 Å². The maximum absolute atomic E-state index is 11.0. The molecule has 1 unspecified atom stereocenters. The maximum Gasteiger partial charge on any atom is 0.436 e. The summed E-state index contributed by atoms with van der Waals surface area (Å²) in [5, 5.41) is 0. The molecule has 1 atom stereocenters. The van der Waals surface area contributed by atoms with E-state index in [9.17, 15) is 4.79 Å². The van der Waals surface area contributed by atoms with Gasteiger partial charge in [0.15, 0.2) is 11.9 Å². The fourth-order valence-electron chi connectivity index (χ4n) is 1.62. The summed E-state index contributed by atoms with van der Waals surface area (Å²) < 4.78 is 15.3. The quantitative estimate of drug-likeness (QED) is 0.853. The van der Waals surface area contributed by atoms with Crippen LogP contribution < -0.4 is 15.2 Å². The van der Waals surface area contributed by atoms with E-state index in [1.165, 1.54) is 7.11 Å². The molecule has 17 heavy (non-hydrogen) atoms. The molecule has 0 fully saturated rings. The van der Waals surface area contributed by atoms with Crippen LogP contribution in [-0.2, 0) is 4.74 Å². The highest BCUT2D eigenvalue weighted by Crippen LogP contribution is 2.33. The van der Waals surface area contributed by atoms with Crippen molar-refractivity contribution < 1.29 is 19.0 Å². The molecule has 2 rings (SSSR count). The lowest BCUT2D eigenvalue weighted by molar-refractivity contribution is 0.147. The summed E-state index contributed by atoms with van der Waals surface area (Å²) in [5.74, 6) is 1.29. The Kier molecular flexibility index (Phi) is 2.86. The van der Waals surface area contributed by atoms with E-state index < -0.39 is 12.2 Å². The van der Waals surface area contributed by atoms with Gasteiger partial charge in [0.2, 0.25) is 0 Å². The van der Waals surface area contributed by atoms with Crippen molar-refractivity contribution in [3.05, 3.63) is 23.8 Å². The van der Waals surface area contributed by atoms with Crippen LogP contribution in [0.2, 0.25) is 0 Å². The molecule has 6 nitrogen and oxygen atoms in total. The Morgan fingerprint density at radius 3 is 2.65 bits per heavy atom. The Hall–Kier alpha value is -2.24. The van der Waals surface area contributed by atoms with Crippen molar-refractivity contribution in [2.75, 3.05) is 14.2 Å². The minimum absolute atomic E-state index is 0.113. The Labute approximate surface area is 98.0 Å². The Morgan fingerprint density at radius 2 is 2.12 bits per heavy atom. The van der Waals surface area contributed by atoms with Crippen molar-refractivity contribution in [1.82, 2.24) is 0 Å². The molecule has 90 valence electrons. The highest BCUT2D eigenvalue weighted by molar-refractivity contribution is 5.99. The Morgan fingerprint density at radius 1 is 1.35 bits per heavy atom. The van der Waals surface area contributed by atoms with Gasteiger partial charge in [0.1, 0.15) is 11.5 Å². The largest absolute Gasteiger partial charge is 0.497 e. The molecule has 0 spiro atoms. The van der Waals surface area contributed by atoms with E-state index in [-0.39, 0.29) is 5.84 Å². The van der Waals surface area contributed by atoms with Crippen LogP contribution in [0.1, 0.15) is 11.7 Å². The Balaban J connectivity index is 2.43. The number of carbonyl (C=O) groups excluding carboxylic acids is 1. The zero-order valence-corrected chi connectivity index (χ0v) is 9.47. The normalized spacial score (nSPS) is 18.6. The molecule has 0 aliphatic carbocycles. The molecule has 0 saturated heterocycles. The van der Waals surface area contributed by atoms with Crippen molar-refractivity contribution in [3.63, 3.8) is 0 Å². The second kappa shape index (κ2) is 4.32. The van der Waals surface area contributed by atoms with Crippen LogP contribution in [0.5, 0.6) is 11.5 Å². The summed E-state index contributed by atoms with van der Waals surface area (Å²) in [6, 6.07) is 5.16. The monoisotopic (exact) mass is 236 g/mol. The molecule has 0 aromatic heterocycles. The summed E-state index contributed by atoms with van der Waals surface area (Å²) in [5.41, 5.74) is 6.23. The van der Waals surface area contributed by atoms with Gasteiger partial charge >= 0.3 is 6.09 Å². The lowest BCUT2D eigenvalue weighted by atomic mass is 10.1. The van der Waals surface area contributed by atoms with Crippen LogP contribution in [0.4, 0.5) is 4.79 Å². The van der Waals surface area contributed by atoms with E-state index >= 15 is 0 Å². The third-order valence-corrected chi connectivity index (χ3v) is 2.43. The minimum atomic E-state index is -0.715. The van der Waals surface area contributed by atoms with E-state index in [0.717, 1.165) is 0 Å². The lowest BCUT2D eigenvalue weighted by Crippen LogP contribution is -2.19. The molecule has 0 bridgehead atoms. The van der Waals surface area contributed by atoms with Crippen LogP contribution in [-0.4, -0.2) is 26.1 Å². The number of amidine groups is 1. The fraction of sp³-hybridized carbons (Fsp3) is 0.273. The van der Waals surface area contributed by atoms with Gasteiger partial charge in [-0.05, 0) is 18.2 Å². The second-order valence-corrected chi connectivity index (χ2v) is 3.41. The first-order valence-electron chi connectivity index (χ1n) is 4.92. The van der Waals surface area contributed by atoms with E-state index in [4.69, 9.17) is 19.9 Å². The van der Waals surface area contributed by atoms with Crippen LogP contribution in [0.25, 0.3) is 0 Å². The molecular weight excluding hydrogens is 224 g/mol. The maximum atomic E-state index is 11.0.